The smallest absolute Gasteiger partial charge is 0.0459 e. The summed E-state index contributed by atoms with van der Waals surface area (Å²) in [6, 6.07) is 12.9. The van der Waals surface area contributed by atoms with Crippen LogP contribution in [0.2, 0.25) is 0 Å². The van der Waals surface area contributed by atoms with Gasteiger partial charge in [0, 0.05) is 34.4 Å². The number of rotatable bonds is 3. The number of fused-ring (bicyclic) bond motifs is 1. The molecule has 0 aliphatic rings. The first-order valence-corrected chi connectivity index (χ1v) is 8.29. The lowest BCUT2D eigenvalue weighted by atomic mass is 9.78. The van der Waals surface area contributed by atoms with Crippen LogP contribution in [0.1, 0.15) is 51.4 Å². The Kier molecular flexibility index (Phi) is 3.79. The minimum Gasteiger partial charge on any atom is -0.361 e. The molecule has 1 N–H and O–H groups in total. The topological polar surface area (TPSA) is 28.7 Å². The van der Waals surface area contributed by atoms with Crippen molar-refractivity contribution in [2.75, 3.05) is 0 Å². The number of aromatic amines is 1. The molecular formula is C21H26N2. The summed E-state index contributed by atoms with van der Waals surface area (Å²) in [5, 5.41) is 1.32. The highest BCUT2D eigenvalue weighted by atomic mass is 14.7. The van der Waals surface area contributed by atoms with Crippen LogP contribution in [-0.4, -0.2) is 9.97 Å². The van der Waals surface area contributed by atoms with Gasteiger partial charge in [0.2, 0.25) is 0 Å². The largest absolute Gasteiger partial charge is 0.361 e. The molecule has 1 aromatic carbocycles. The van der Waals surface area contributed by atoms with Gasteiger partial charge in [-0.15, -0.1) is 0 Å². The third kappa shape index (κ3) is 3.17. The molecule has 0 saturated carbocycles. The van der Waals surface area contributed by atoms with Crippen molar-refractivity contribution in [3.8, 4) is 0 Å². The first kappa shape index (κ1) is 15.8. The van der Waals surface area contributed by atoms with Gasteiger partial charge in [0.15, 0.2) is 0 Å². The molecule has 0 aliphatic carbocycles. The van der Waals surface area contributed by atoms with Crippen molar-refractivity contribution in [1.29, 1.82) is 0 Å². The molecule has 2 aromatic heterocycles. The van der Waals surface area contributed by atoms with E-state index < -0.39 is 0 Å². The summed E-state index contributed by atoms with van der Waals surface area (Å²) in [7, 11) is 0. The van der Waals surface area contributed by atoms with Crippen LogP contribution in [0.5, 0.6) is 0 Å². The van der Waals surface area contributed by atoms with Gasteiger partial charge in [-0.2, -0.15) is 0 Å². The standard InChI is InChI=1S/C21H26N2/c1-20(2,3)19-12-15(10-11-22-19)13-21(4,5)17-14-23-18-9-7-6-8-16(17)18/h6-12,14,23H,13H2,1-5H3. The van der Waals surface area contributed by atoms with Crippen molar-refractivity contribution in [2.45, 2.75) is 51.9 Å². The maximum absolute atomic E-state index is 4.55. The van der Waals surface area contributed by atoms with Crippen molar-refractivity contribution in [3.63, 3.8) is 0 Å². The Labute approximate surface area is 139 Å². The Morgan fingerprint density at radius 1 is 1.00 bits per heavy atom. The summed E-state index contributed by atoms with van der Waals surface area (Å²) in [6.07, 6.45) is 5.11. The molecule has 0 atom stereocenters. The highest BCUT2D eigenvalue weighted by molar-refractivity contribution is 5.84. The van der Waals surface area contributed by atoms with Crippen LogP contribution in [-0.2, 0) is 17.3 Å². The normalized spacial score (nSPS) is 12.7. The van der Waals surface area contributed by atoms with E-state index in [1.165, 1.54) is 22.0 Å². The lowest BCUT2D eigenvalue weighted by molar-refractivity contribution is 0.522. The van der Waals surface area contributed by atoms with Crippen molar-refractivity contribution in [3.05, 3.63) is 65.6 Å². The van der Waals surface area contributed by atoms with Gasteiger partial charge in [0.1, 0.15) is 0 Å². The number of hydrogen-bond donors (Lipinski definition) is 1. The van der Waals surface area contributed by atoms with Crippen LogP contribution < -0.4 is 0 Å². The summed E-state index contributed by atoms with van der Waals surface area (Å²) in [6.45, 7) is 11.3. The molecule has 0 spiro atoms. The van der Waals surface area contributed by atoms with Gasteiger partial charge in [-0.25, -0.2) is 0 Å². The molecule has 0 aliphatic heterocycles. The van der Waals surface area contributed by atoms with Gasteiger partial charge in [-0.1, -0.05) is 52.8 Å². The van der Waals surface area contributed by atoms with Gasteiger partial charge in [0.05, 0.1) is 0 Å². The number of nitrogens with zero attached hydrogens (tertiary/aromatic N) is 1. The van der Waals surface area contributed by atoms with E-state index in [4.69, 9.17) is 0 Å². The Balaban J connectivity index is 1.95. The van der Waals surface area contributed by atoms with E-state index in [1.807, 2.05) is 6.20 Å². The molecule has 3 rings (SSSR count). The monoisotopic (exact) mass is 306 g/mol. The molecule has 0 saturated heterocycles. The summed E-state index contributed by atoms with van der Waals surface area (Å²) < 4.78 is 0. The molecule has 0 fully saturated rings. The zero-order valence-electron chi connectivity index (χ0n) is 14.8. The molecule has 120 valence electrons. The third-order valence-corrected chi connectivity index (χ3v) is 4.56. The Bertz CT molecular complexity index is 819. The second-order valence-corrected chi connectivity index (χ2v) is 8.11. The molecule has 0 unspecified atom stereocenters. The second-order valence-electron chi connectivity index (χ2n) is 8.11. The van der Waals surface area contributed by atoms with Crippen molar-refractivity contribution in [2.24, 2.45) is 0 Å². The number of para-hydroxylation sites is 1. The van der Waals surface area contributed by atoms with E-state index in [1.54, 1.807) is 0 Å². The van der Waals surface area contributed by atoms with E-state index in [-0.39, 0.29) is 10.8 Å². The van der Waals surface area contributed by atoms with Crippen LogP contribution in [0.3, 0.4) is 0 Å². The summed E-state index contributed by atoms with van der Waals surface area (Å²) >= 11 is 0. The molecule has 3 aromatic rings. The van der Waals surface area contributed by atoms with E-state index in [2.05, 4.69) is 87.2 Å². The van der Waals surface area contributed by atoms with Gasteiger partial charge < -0.3 is 4.98 Å². The van der Waals surface area contributed by atoms with E-state index >= 15 is 0 Å². The first-order chi connectivity index (χ1) is 10.8. The minimum atomic E-state index is 0.0656. The number of aromatic nitrogens is 2. The van der Waals surface area contributed by atoms with Crippen LogP contribution in [0, 0.1) is 0 Å². The van der Waals surface area contributed by atoms with E-state index in [9.17, 15) is 0 Å². The van der Waals surface area contributed by atoms with E-state index in [0.29, 0.717) is 0 Å². The summed E-state index contributed by atoms with van der Waals surface area (Å²) in [5.41, 5.74) is 5.24. The number of benzene rings is 1. The third-order valence-electron chi connectivity index (χ3n) is 4.56. The second kappa shape index (κ2) is 5.52. The van der Waals surface area contributed by atoms with E-state index in [0.717, 1.165) is 12.1 Å². The fourth-order valence-corrected chi connectivity index (χ4v) is 3.23. The average molecular weight is 306 g/mol. The molecule has 23 heavy (non-hydrogen) atoms. The SMILES string of the molecule is CC(C)(C)c1cc(CC(C)(C)c2c[nH]c3ccccc23)ccn1. The fraction of sp³-hybridized carbons (Fsp3) is 0.381. The van der Waals surface area contributed by atoms with Gasteiger partial charge in [0.25, 0.3) is 0 Å². The zero-order chi connectivity index (χ0) is 16.7. The fourth-order valence-electron chi connectivity index (χ4n) is 3.23. The summed E-state index contributed by atoms with van der Waals surface area (Å²) in [4.78, 5) is 7.95. The summed E-state index contributed by atoms with van der Waals surface area (Å²) in [5.74, 6) is 0. The van der Waals surface area contributed by atoms with Crippen LogP contribution >= 0.6 is 0 Å². The molecule has 2 heteroatoms. The molecule has 0 amide bonds. The lowest BCUT2D eigenvalue weighted by Gasteiger charge is -2.26. The Hall–Kier alpha value is -2.09. The quantitative estimate of drug-likeness (QED) is 0.691. The zero-order valence-corrected chi connectivity index (χ0v) is 14.8. The maximum Gasteiger partial charge on any atom is 0.0459 e. The Morgan fingerprint density at radius 2 is 1.74 bits per heavy atom. The number of pyridine rings is 1. The minimum absolute atomic E-state index is 0.0656. The highest BCUT2D eigenvalue weighted by Gasteiger charge is 2.25. The van der Waals surface area contributed by atoms with Crippen molar-refractivity contribution in [1.82, 2.24) is 9.97 Å². The van der Waals surface area contributed by atoms with Gasteiger partial charge in [-0.3, -0.25) is 4.98 Å². The molecule has 2 heterocycles. The maximum atomic E-state index is 4.55. The van der Waals surface area contributed by atoms with Crippen LogP contribution in [0.4, 0.5) is 0 Å². The number of H-pyrrole nitrogens is 1. The van der Waals surface area contributed by atoms with Crippen LogP contribution in [0.25, 0.3) is 10.9 Å². The highest BCUT2D eigenvalue weighted by Crippen LogP contribution is 2.33. The predicted octanol–water partition coefficient (Wildman–Crippen LogP) is 5.38. The molecule has 2 nitrogen and oxygen atoms in total. The van der Waals surface area contributed by atoms with Crippen molar-refractivity contribution >= 4 is 10.9 Å². The number of hydrogen-bond acceptors (Lipinski definition) is 1. The Morgan fingerprint density at radius 3 is 2.48 bits per heavy atom. The van der Waals surface area contributed by atoms with Crippen molar-refractivity contribution < 1.29 is 0 Å². The van der Waals surface area contributed by atoms with Gasteiger partial charge in [-0.05, 0) is 41.2 Å². The molecular weight excluding hydrogens is 280 g/mol. The number of nitrogens with one attached hydrogen (secondary N) is 1. The average Bonchev–Trinajstić information content (AvgIpc) is 2.91. The predicted molar refractivity (Wildman–Crippen MR) is 98.0 cm³/mol. The molecule has 0 bridgehead atoms. The van der Waals surface area contributed by atoms with Crippen LogP contribution in [0.15, 0.2) is 48.8 Å². The lowest BCUT2D eigenvalue weighted by Crippen LogP contribution is -2.21. The van der Waals surface area contributed by atoms with Gasteiger partial charge >= 0.3 is 0 Å². The molecule has 0 radical (unpaired) electrons. The first-order valence-electron chi connectivity index (χ1n) is 8.29.